The van der Waals surface area contributed by atoms with Gasteiger partial charge in [-0.05, 0) is 92.3 Å². The smallest absolute Gasteiger partial charge is 0.0596 e. The van der Waals surface area contributed by atoms with Crippen molar-refractivity contribution in [2.75, 3.05) is 0 Å². The van der Waals surface area contributed by atoms with Gasteiger partial charge in [0.05, 0.1) is 11.8 Å². The van der Waals surface area contributed by atoms with Gasteiger partial charge < -0.3 is 10.3 Å². The van der Waals surface area contributed by atoms with Crippen LogP contribution in [0.5, 0.6) is 0 Å². The SMILES string of the molecule is C[C@]12CC/C(=N/O)C[C@@H]1CC[C@H]1[C@H]2CC[C@]2(C)[C@H](O)CC[C@H]12. The normalized spacial score (nSPS) is 56.3. The standard InChI is InChI=1S/C19H31NO2/c1-18-9-7-13(20-22)11-12(18)3-4-14-15-5-6-17(21)19(15,2)10-8-16(14)18/h12,14-17,21-22H,3-11H2,1-2H3/b20-13-/t12-,14+,15+,16+,17+,18-,19-/m0/s1. The van der Waals surface area contributed by atoms with Crippen molar-refractivity contribution in [3.8, 4) is 0 Å². The van der Waals surface area contributed by atoms with E-state index in [0.717, 1.165) is 42.7 Å². The van der Waals surface area contributed by atoms with Gasteiger partial charge in [-0.25, -0.2) is 0 Å². The van der Waals surface area contributed by atoms with Crippen LogP contribution < -0.4 is 0 Å². The quantitative estimate of drug-likeness (QED) is 0.520. The fraction of sp³-hybridized carbons (Fsp3) is 0.947. The van der Waals surface area contributed by atoms with Crippen LogP contribution in [-0.4, -0.2) is 22.1 Å². The summed E-state index contributed by atoms with van der Waals surface area (Å²) in [6.07, 6.45) is 10.5. The van der Waals surface area contributed by atoms with E-state index >= 15 is 0 Å². The molecule has 124 valence electrons. The second-order valence-electron chi connectivity index (χ2n) is 9.16. The Morgan fingerprint density at radius 2 is 1.73 bits per heavy atom. The zero-order chi connectivity index (χ0) is 15.5. The van der Waals surface area contributed by atoms with Crippen LogP contribution >= 0.6 is 0 Å². The molecule has 22 heavy (non-hydrogen) atoms. The predicted molar refractivity (Wildman–Crippen MR) is 87.0 cm³/mol. The van der Waals surface area contributed by atoms with Gasteiger partial charge in [0.1, 0.15) is 0 Å². The summed E-state index contributed by atoms with van der Waals surface area (Å²) >= 11 is 0. The van der Waals surface area contributed by atoms with Gasteiger partial charge in [0.2, 0.25) is 0 Å². The molecule has 4 rings (SSSR count). The van der Waals surface area contributed by atoms with Crippen molar-refractivity contribution >= 4 is 5.71 Å². The van der Waals surface area contributed by atoms with Gasteiger partial charge in [0.15, 0.2) is 0 Å². The molecule has 0 heterocycles. The summed E-state index contributed by atoms with van der Waals surface area (Å²) in [5.41, 5.74) is 1.65. The van der Waals surface area contributed by atoms with E-state index in [0.29, 0.717) is 11.3 Å². The number of hydrogen-bond donors (Lipinski definition) is 2. The number of aliphatic hydroxyl groups excluding tert-OH is 1. The van der Waals surface area contributed by atoms with Crippen LogP contribution in [0.3, 0.4) is 0 Å². The number of nitrogens with zero attached hydrogens (tertiary/aromatic N) is 1. The topological polar surface area (TPSA) is 52.8 Å². The summed E-state index contributed by atoms with van der Waals surface area (Å²) in [4.78, 5) is 0. The summed E-state index contributed by atoms with van der Waals surface area (Å²) in [5, 5.41) is 23.2. The van der Waals surface area contributed by atoms with Crippen LogP contribution in [0.25, 0.3) is 0 Å². The van der Waals surface area contributed by atoms with Crippen LogP contribution in [0, 0.1) is 34.5 Å². The Balaban J connectivity index is 1.62. The first-order valence-corrected chi connectivity index (χ1v) is 9.37. The zero-order valence-electron chi connectivity index (χ0n) is 14.1. The predicted octanol–water partition coefficient (Wildman–Crippen LogP) is 4.22. The van der Waals surface area contributed by atoms with Crippen molar-refractivity contribution in [3.05, 3.63) is 0 Å². The van der Waals surface area contributed by atoms with Crippen molar-refractivity contribution in [2.24, 2.45) is 39.7 Å². The van der Waals surface area contributed by atoms with E-state index in [1.807, 2.05) is 0 Å². The molecule has 4 fully saturated rings. The maximum Gasteiger partial charge on any atom is 0.0596 e. The Morgan fingerprint density at radius 3 is 2.50 bits per heavy atom. The van der Waals surface area contributed by atoms with Gasteiger partial charge in [0, 0.05) is 0 Å². The van der Waals surface area contributed by atoms with Gasteiger partial charge in [-0.2, -0.15) is 0 Å². The maximum atomic E-state index is 10.5. The zero-order valence-corrected chi connectivity index (χ0v) is 14.1. The molecule has 7 atom stereocenters. The van der Waals surface area contributed by atoms with E-state index < -0.39 is 0 Å². The summed E-state index contributed by atoms with van der Waals surface area (Å²) in [6.45, 7) is 4.88. The Bertz CT molecular complexity index is 490. The largest absolute Gasteiger partial charge is 0.411 e. The highest BCUT2D eigenvalue weighted by molar-refractivity contribution is 5.85. The molecule has 3 heteroatoms. The van der Waals surface area contributed by atoms with Crippen LogP contribution in [-0.2, 0) is 0 Å². The Kier molecular flexibility index (Phi) is 3.38. The molecule has 0 aromatic rings. The highest BCUT2D eigenvalue weighted by atomic mass is 16.4. The second-order valence-corrected chi connectivity index (χ2v) is 9.16. The molecule has 0 aliphatic heterocycles. The molecule has 0 spiro atoms. The van der Waals surface area contributed by atoms with Crippen molar-refractivity contribution in [1.82, 2.24) is 0 Å². The van der Waals surface area contributed by atoms with E-state index in [9.17, 15) is 5.11 Å². The van der Waals surface area contributed by atoms with E-state index in [-0.39, 0.29) is 11.5 Å². The molecular weight excluding hydrogens is 274 g/mol. The molecule has 4 saturated carbocycles. The molecule has 0 aromatic heterocycles. The molecule has 0 aromatic carbocycles. The van der Waals surface area contributed by atoms with Crippen LogP contribution in [0.1, 0.15) is 71.6 Å². The molecular formula is C19H31NO2. The van der Waals surface area contributed by atoms with Crippen molar-refractivity contribution in [2.45, 2.75) is 77.7 Å². The lowest BCUT2D eigenvalue weighted by molar-refractivity contribution is -0.112. The van der Waals surface area contributed by atoms with E-state index in [1.54, 1.807) is 0 Å². The number of hydrogen-bond acceptors (Lipinski definition) is 3. The number of rotatable bonds is 0. The Labute approximate surface area is 134 Å². The molecule has 3 nitrogen and oxygen atoms in total. The van der Waals surface area contributed by atoms with Crippen LogP contribution in [0.15, 0.2) is 5.16 Å². The molecule has 4 aliphatic carbocycles. The van der Waals surface area contributed by atoms with Crippen LogP contribution in [0.2, 0.25) is 0 Å². The van der Waals surface area contributed by atoms with Crippen molar-refractivity contribution < 1.29 is 10.3 Å². The van der Waals surface area contributed by atoms with Gasteiger partial charge in [-0.1, -0.05) is 19.0 Å². The van der Waals surface area contributed by atoms with Crippen molar-refractivity contribution in [1.29, 1.82) is 0 Å². The summed E-state index contributed by atoms with van der Waals surface area (Å²) in [7, 11) is 0. The molecule has 0 unspecified atom stereocenters. The minimum absolute atomic E-state index is 0.0662. The molecule has 0 saturated heterocycles. The maximum absolute atomic E-state index is 10.5. The monoisotopic (exact) mass is 305 g/mol. The number of fused-ring (bicyclic) bond motifs is 5. The fourth-order valence-corrected chi connectivity index (χ4v) is 7.12. The number of oxime groups is 1. The highest BCUT2D eigenvalue weighted by Gasteiger charge is 2.59. The molecule has 0 bridgehead atoms. The minimum Gasteiger partial charge on any atom is -0.411 e. The third kappa shape index (κ3) is 1.87. The average Bonchev–Trinajstić information content (AvgIpc) is 2.82. The first-order valence-electron chi connectivity index (χ1n) is 9.37. The second kappa shape index (κ2) is 4.96. The molecule has 0 amide bonds. The van der Waals surface area contributed by atoms with Gasteiger partial charge in [-0.15, -0.1) is 0 Å². The lowest BCUT2D eigenvalue weighted by Crippen LogP contribution is -2.54. The van der Waals surface area contributed by atoms with Gasteiger partial charge in [0.25, 0.3) is 0 Å². The third-order valence-corrected chi connectivity index (χ3v) is 8.59. The average molecular weight is 305 g/mol. The first kappa shape index (κ1) is 15.0. The highest BCUT2D eigenvalue weighted by Crippen LogP contribution is 2.65. The number of aliphatic hydroxyl groups is 1. The molecule has 4 aliphatic rings. The van der Waals surface area contributed by atoms with Gasteiger partial charge >= 0.3 is 0 Å². The third-order valence-electron chi connectivity index (χ3n) is 8.59. The van der Waals surface area contributed by atoms with E-state index in [4.69, 9.17) is 5.21 Å². The minimum atomic E-state index is -0.0662. The molecule has 2 N–H and O–H groups in total. The summed E-state index contributed by atoms with van der Waals surface area (Å²) in [5.74, 6) is 3.11. The Morgan fingerprint density at radius 1 is 0.955 bits per heavy atom. The lowest BCUT2D eigenvalue weighted by Gasteiger charge is -2.60. The first-order chi connectivity index (χ1) is 10.5. The summed E-state index contributed by atoms with van der Waals surface area (Å²) in [6, 6.07) is 0. The van der Waals surface area contributed by atoms with E-state index in [1.165, 1.54) is 38.5 Å². The van der Waals surface area contributed by atoms with Crippen molar-refractivity contribution in [3.63, 3.8) is 0 Å². The lowest BCUT2D eigenvalue weighted by atomic mass is 9.45. The van der Waals surface area contributed by atoms with E-state index in [2.05, 4.69) is 19.0 Å². The fourth-order valence-electron chi connectivity index (χ4n) is 7.12. The van der Waals surface area contributed by atoms with Gasteiger partial charge in [-0.3, -0.25) is 0 Å². The molecule has 0 radical (unpaired) electrons. The van der Waals surface area contributed by atoms with Crippen LogP contribution in [0.4, 0.5) is 0 Å². The Hall–Kier alpha value is -0.570. The summed E-state index contributed by atoms with van der Waals surface area (Å²) < 4.78 is 0.